The van der Waals surface area contributed by atoms with Crippen molar-refractivity contribution in [1.29, 1.82) is 0 Å². The van der Waals surface area contributed by atoms with E-state index >= 15 is 0 Å². The quantitative estimate of drug-likeness (QED) is 0.676. The molecule has 2 aromatic heterocycles. The molecule has 1 atom stereocenters. The van der Waals surface area contributed by atoms with E-state index in [2.05, 4.69) is 26.0 Å². The van der Waals surface area contributed by atoms with Crippen molar-refractivity contribution in [1.82, 2.24) is 25.4 Å². The highest BCUT2D eigenvalue weighted by atomic mass is 16.2. The summed E-state index contributed by atoms with van der Waals surface area (Å²) in [7, 11) is 0. The maximum absolute atomic E-state index is 11.8. The average Bonchev–Trinajstić information content (AvgIpc) is 3.10. The van der Waals surface area contributed by atoms with Crippen molar-refractivity contribution in [2.24, 2.45) is 0 Å². The topological polar surface area (TPSA) is 118 Å². The molecule has 0 bridgehead atoms. The summed E-state index contributed by atoms with van der Waals surface area (Å²) < 4.78 is 1.59. The summed E-state index contributed by atoms with van der Waals surface area (Å²) in [5.74, 6) is -0.284. The number of carbonyl (C=O) groups is 3. The van der Waals surface area contributed by atoms with E-state index in [9.17, 15) is 14.4 Å². The zero-order chi connectivity index (χ0) is 15.5. The van der Waals surface area contributed by atoms with E-state index in [1.54, 1.807) is 35.3 Å². The third-order valence-electron chi connectivity index (χ3n) is 3.02. The van der Waals surface area contributed by atoms with E-state index in [-0.39, 0.29) is 6.42 Å². The molecule has 0 aromatic carbocycles. The second kappa shape index (κ2) is 5.64. The van der Waals surface area contributed by atoms with Crippen LogP contribution in [0.5, 0.6) is 0 Å². The zero-order valence-electron chi connectivity index (χ0n) is 11.3. The number of hydrogen-bond donors (Lipinski definition) is 3. The fourth-order valence-corrected chi connectivity index (χ4v) is 2.00. The minimum Gasteiger partial charge on any atom is -0.325 e. The van der Waals surface area contributed by atoms with Crippen molar-refractivity contribution in [2.75, 3.05) is 5.32 Å². The van der Waals surface area contributed by atoms with Crippen LogP contribution in [0.3, 0.4) is 0 Å². The molecule has 0 radical (unpaired) electrons. The largest absolute Gasteiger partial charge is 0.325 e. The van der Waals surface area contributed by atoms with Crippen molar-refractivity contribution in [3.8, 4) is 5.82 Å². The number of anilines is 1. The molecule has 1 saturated heterocycles. The van der Waals surface area contributed by atoms with Gasteiger partial charge < -0.3 is 10.6 Å². The van der Waals surface area contributed by atoms with Crippen molar-refractivity contribution in [3.63, 3.8) is 0 Å². The fourth-order valence-electron chi connectivity index (χ4n) is 2.00. The Morgan fingerprint density at radius 3 is 2.82 bits per heavy atom. The SMILES string of the molecule is O=C(C[C@H]1NC(=O)NC1=O)Nc1ccc(-n2cccn2)nc1. The number of nitrogens with zero attached hydrogens (tertiary/aromatic N) is 3. The molecule has 0 spiro atoms. The van der Waals surface area contributed by atoms with Gasteiger partial charge >= 0.3 is 6.03 Å². The summed E-state index contributed by atoms with van der Waals surface area (Å²) in [6.07, 6.45) is 4.74. The molecule has 4 amide bonds. The van der Waals surface area contributed by atoms with Crippen molar-refractivity contribution < 1.29 is 14.4 Å². The van der Waals surface area contributed by atoms with E-state index in [1.165, 1.54) is 6.20 Å². The highest BCUT2D eigenvalue weighted by Crippen LogP contribution is 2.10. The lowest BCUT2D eigenvalue weighted by atomic mass is 10.2. The standard InChI is InChI=1S/C13H12N6O3/c20-11(6-9-12(21)18-13(22)17-9)16-8-2-3-10(14-7-8)19-5-1-4-15-19/h1-5,7,9H,6H2,(H,16,20)(H2,17,18,21,22)/t9-/m1/s1. The highest BCUT2D eigenvalue weighted by Gasteiger charge is 2.31. The second-order valence-electron chi connectivity index (χ2n) is 4.62. The van der Waals surface area contributed by atoms with Crippen LogP contribution >= 0.6 is 0 Å². The Morgan fingerprint density at radius 2 is 2.23 bits per heavy atom. The third-order valence-corrected chi connectivity index (χ3v) is 3.02. The molecule has 9 nitrogen and oxygen atoms in total. The van der Waals surface area contributed by atoms with Crippen LogP contribution in [0.2, 0.25) is 0 Å². The van der Waals surface area contributed by atoms with E-state index < -0.39 is 23.9 Å². The molecule has 22 heavy (non-hydrogen) atoms. The van der Waals surface area contributed by atoms with Gasteiger partial charge in [-0.3, -0.25) is 14.9 Å². The lowest BCUT2D eigenvalue weighted by Crippen LogP contribution is -2.33. The van der Waals surface area contributed by atoms with E-state index in [0.29, 0.717) is 11.5 Å². The van der Waals surface area contributed by atoms with Gasteiger partial charge in [-0.2, -0.15) is 5.10 Å². The molecule has 1 aliphatic rings. The lowest BCUT2D eigenvalue weighted by molar-refractivity contribution is -0.124. The summed E-state index contributed by atoms with van der Waals surface area (Å²) in [4.78, 5) is 38.3. The van der Waals surface area contributed by atoms with Gasteiger partial charge in [0.25, 0.3) is 5.91 Å². The van der Waals surface area contributed by atoms with Crippen molar-refractivity contribution in [3.05, 3.63) is 36.8 Å². The van der Waals surface area contributed by atoms with Crippen molar-refractivity contribution >= 4 is 23.5 Å². The van der Waals surface area contributed by atoms with Crippen LogP contribution < -0.4 is 16.0 Å². The normalized spacial score (nSPS) is 17.0. The number of pyridine rings is 1. The van der Waals surface area contributed by atoms with E-state index in [4.69, 9.17) is 0 Å². The number of amides is 4. The molecule has 0 aliphatic carbocycles. The zero-order valence-corrected chi connectivity index (χ0v) is 11.3. The first-order valence-electron chi connectivity index (χ1n) is 6.49. The first-order chi connectivity index (χ1) is 10.6. The molecule has 2 aromatic rings. The molecule has 3 N–H and O–H groups in total. The Morgan fingerprint density at radius 1 is 1.36 bits per heavy atom. The Bertz CT molecular complexity index is 710. The summed E-state index contributed by atoms with van der Waals surface area (Å²) in [5, 5.41) is 11.1. The lowest BCUT2D eigenvalue weighted by Gasteiger charge is -2.08. The number of aromatic nitrogens is 3. The summed E-state index contributed by atoms with van der Waals surface area (Å²) in [6, 6.07) is 3.72. The Kier molecular flexibility index (Phi) is 3.52. The van der Waals surface area contributed by atoms with Gasteiger partial charge in [0, 0.05) is 12.4 Å². The molecule has 112 valence electrons. The molecule has 3 heterocycles. The number of nitrogens with one attached hydrogen (secondary N) is 3. The van der Waals surface area contributed by atoms with Gasteiger partial charge in [0.2, 0.25) is 5.91 Å². The van der Waals surface area contributed by atoms with E-state index in [1.807, 2.05) is 0 Å². The molecular weight excluding hydrogens is 288 g/mol. The van der Waals surface area contributed by atoms with Crippen molar-refractivity contribution in [2.45, 2.75) is 12.5 Å². The molecule has 1 aliphatic heterocycles. The maximum atomic E-state index is 11.8. The molecular formula is C13H12N6O3. The summed E-state index contributed by atoms with van der Waals surface area (Å²) >= 11 is 0. The first-order valence-corrected chi connectivity index (χ1v) is 6.49. The molecule has 9 heteroatoms. The number of imide groups is 1. The van der Waals surface area contributed by atoms with E-state index in [0.717, 1.165) is 0 Å². The Hall–Kier alpha value is -3.23. The monoisotopic (exact) mass is 300 g/mol. The summed E-state index contributed by atoms with van der Waals surface area (Å²) in [6.45, 7) is 0. The summed E-state index contributed by atoms with van der Waals surface area (Å²) in [5.41, 5.74) is 0.491. The van der Waals surface area contributed by atoms with Crippen LogP contribution in [-0.4, -0.2) is 38.7 Å². The van der Waals surface area contributed by atoms with Crippen LogP contribution in [0.15, 0.2) is 36.8 Å². The highest BCUT2D eigenvalue weighted by molar-refractivity contribution is 6.06. The van der Waals surface area contributed by atoms with Crippen LogP contribution in [-0.2, 0) is 9.59 Å². The number of hydrogen-bond acceptors (Lipinski definition) is 5. The minimum absolute atomic E-state index is 0.140. The Labute approximate surface area is 124 Å². The van der Waals surface area contributed by atoms with Gasteiger partial charge in [0.15, 0.2) is 5.82 Å². The molecule has 0 saturated carbocycles. The number of rotatable bonds is 4. The second-order valence-corrected chi connectivity index (χ2v) is 4.62. The van der Waals surface area contributed by atoms with Crippen LogP contribution in [0, 0.1) is 0 Å². The maximum Gasteiger partial charge on any atom is 0.322 e. The predicted molar refractivity (Wildman–Crippen MR) is 75.1 cm³/mol. The van der Waals surface area contributed by atoms with Gasteiger partial charge in [0.1, 0.15) is 6.04 Å². The van der Waals surface area contributed by atoms with Gasteiger partial charge in [-0.05, 0) is 18.2 Å². The van der Waals surface area contributed by atoms with Gasteiger partial charge in [-0.25, -0.2) is 14.5 Å². The van der Waals surface area contributed by atoms with Crippen LogP contribution in [0.4, 0.5) is 10.5 Å². The first kappa shape index (κ1) is 13.7. The van der Waals surface area contributed by atoms with Crippen LogP contribution in [0.25, 0.3) is 5.82 Å². The minimum atomic E-state index is -0.844. The smallest absolute Gasteiger partial charge is 0.322 e. The molecule has 1 fully saturated rings. The van der Waals surface area contributed by atoms with Gasteiger partial charge in [-0.1, -0.05) is 0 Å². The number of carbonyl (C=O) groups excluding carboxylic acids is 3. The predicted octanol–water partition coefficient (Wildman–Crippen LogP) is -0.196. The number of urea groups is 1. The third kappa shape index (κ3) is 2.92. The molecule has 0 unspecified atom stereocenters. The van der Waals surface area contributed by atoms with Gasteiger partial charge in [0.05, 0.1) is 18.3 Å². The molecule has 3 rings (SSSR count). The van der Waals surface area contributed by atoms with Gasteiger partial charge in [-0.15, -0.1) is 0 Å². The fraction of sp³-hybridized carbons (Fsp3) is 0.154. The Balaban J connectivity index is 1.60. The average molecular weight is 300 g/mol. The van der Waals surface area contributed by atoms with Crippen LogP contribution in [0.1, 0.15) is 6.42 Å².